The number of ketones is 1. The number of aromatic nitrogens is 2. The minimum Gasteiger partial charge on any atom is -0.382 e. The number of hydrogen-bond donors (Lipinski definition) is 4. The Bertz CT molecular complexity index is 1290. The van der Waals surface area contributed by atoms with E-state index in [2.05, 4.69) is 20.6 Å². The highest BCUT2D eigenvalue weighted by Crippen LogP contribution is 2.18. The van der Waals surface area contributed by atoms with Gasteiger partial charge in [-0.05, 0) is 49.4 Å². The van der Waals surface area contributed by atoms with Gasteiger partial charge in [0.2, 0.25) is 5.91 Å². The third kappa shape index (κ3) is 6.01. The van der Waals surface area contributed by atoms with Crippen molar-refractivity contribution in [1.82, 2.24) is 9.97 Å². The summed E-state index contributed by atoms with van der Waals surface area (Å²) in [5.41, 5.74) is 5.36. The molecule has 3 rings (SSSR count). The highest BCUT2D eigenvalue weighted by molar-refractivity contribution is 7.99. The van der Waals surface area contributed by atoms with Crippen molar-refractivity contribution in [1.29, 1.82) is 0 Å². The summed E-state index contributed by atoms with van der Waals surface area (Å²) < 4.78 is 26.3. The topological polar surface area (TPSA) is 147 Å². The second kappa shape index (κ2) is 10.0. The molecule has 1 aromatic heterocycles. The molecule has 0 saturated carbocycles. The van der Waals surface area contributed by atoms with Gasteiger partial charge in [-0.3, -0.25) is 24.2 Å². The number of halogens is 2. The molecule has 170 valence electrons. The molecule has 0 radical (unpaired) electrons. The highest BCUT2D eigenvalue weighted by Gasteiger charge is 2.16. The zero-order chi connectivity index (χ0) is 24.1. The quantitative estimate of drug-likeness (QED) is 0.234. The Labute approximate surface area is 189 Å². The molecule has 0 atom stereocenters. The van der Waals surface area contributed by atoms with Gasteiger partial charge in [-0.15, -0.1) is 0 Å². The Morgan fingerprint density at radius 2 is 1.70 bits per heavy atom. The molecule has 0 saturated heterocycles. The molecule has 3 aromatic rings. The first-order chi connectivity index (χ1) is 15.6. The number of amides is 2. The number of carbonyl (C=O) groups excluding carboxylic acids is 3. The molecule has 9 nitrogen and oxygen atoms in total. The van der Waals surface area contributed by atoms with Crippen molar-refractivity contribution in [3.8, 4) is 0 Å². The van der Waals surface area contributed by atoms with Crippen LogP contribution in [0.4, 0.5) is 26.0 Å². The van der Waals surface area contributed by atoms with Crippen LogP contribution in [0.15, 0.2) is 52.4 Å². The van der Waals surface area contributed by atoms with Crippen LogP contribution in [-0.2, 0) is 4.79 Å². The lowest BCUT2D eigenvalue weighted by molar-refractivity contribution is -0.113. The third-order valence-corrected chi connectivity index (χ3v) is 5.13. The molecule has 0 aliphatic heterocycles. The van der Waals surface area contributed by atoms with E-state index in [1.54, 1.807) is 24.3 Å². The predicted molar refractivity (Wildman–Crippen MR) is 119 cm³/mol. The first-order valence-corrected chi connectivity index (χ1v) is 10.3. The summed E-state index contributed by atoms with van der Waals surface area (Å²) in [5, 5.41) is 4.87. The van der Waals surface area contributed by atoms with Crippen LogP contribution in [-0.4, -0.2) is 33.3 Å². The van der Waals surface area contributed by atoms with Gasteiger partial charge in [0.1, 0.15) is 5.69 Å². The number of hydrogen-bond acceptors (Lipinski definition) is 7. The number of benzene rings is 2. The lowest BCUT2D eigenvalue weighted by Gasteiger charge is -2.09. The average molecular weight is 473 g/mol. The summed E-state index contributed by atoms with van der Waals surface area (Å²) in [6, 6.07) is 8.83. The van der Waals surface area contributed by atoms with Crippen molar-refractivity contribution in [3.63, 3.8) is 0 Å². The Kier molecular flexibility index (Phi) is 7.18. The third-order valence-electron chi connectivity index (χ3n) is 4.26. The van der Waals surface area contributed by atoms with Crippen LogP contribution in [0.1, 0.15) is 27.6 Å². The monoisotopic (exact) mass is 473 g/mol. The molecule has 2 aromatic carbocycles. The molecule has 0 bridgehead atoms. The Morgan fingerprint density at radius 1 is 1.03 bits per heavy atom. The minimum absolute atomic E-state index is 0.0328. The van der Waals surface area contributed by atoms with Crippen LogP contribution >= 0.6 is 11.8 Å². The molecular weight excluding hydrogens is 456 g/mol. The van der Waals surface area contributed by atoms with Crippen LogP contribution in [0.25, 0.3) is 0 Å². The number of anilines is 3. The fourth-order valence-electron chi connectivity index (χ4n) is 2.60. The number of H-pyrrole nitrogens is 1. The maximum Gasteiger partial charge on any atom is 0.277 e. The molecule has 5 N–H and O–H groups in total. The van der Waals surface area contributed by atoms with Crippen molar-refractivity contribution < 1.29 is 23.2 Å². The van der Waals surface area contributed by atoms with Gasteiger partial charge in [-0.25, -0.2) is 13.8 Å². The van der Waals surface area contributed by atoms with Gasteiger partial charge in [0.05, 0.1) is 5.75 Å². The van der Waals surface area contributed by atoms with Crippen molar-refractivity contribution in [2.75, 3.05) is 22.1 Å². The largest absolute Gasteiger partial charge is 0.382 e. The van der Waals surface area contributed by atoms with E-state index in [0.717, 1.165) is 23.9 Å². The van der Waals surface area contributed by atoms with Crippen molar-refractivity contribution >= 4 is 46.6 Å². The lowest BCUT2D eigenvalue weighted by atomic mass is 10.1. The van der Waals surface area contributed by atoms with Crippen LogP contribution in [0.3, 0.4) is 0 Å². The molecule has 12 heteroatoms. The first kappa shape index (κ1) is 23.6. The number of rotatable bonds is 7. The van der Waals surface area contributed by atoms with Gasteiger partial charge in [0, 0.05) is 16.8 Å². The number of nitrogens with two attached hydrogens (primary N) is 1. The normalized spacial score (nSPS) is 10.5. The Morgan fingerprint density at radius 3 is 2.30 bits per heavy atom. The fourth-order valence-corrected chi connectivity index (χ4v) is 3.27. The second-order valence-corrected chi connectivity index (χ2v) is 7.65. The molecule has 33 heavy (non-hydrogen) atoms. The zero-order valence-electron chi connectivity index (χ0n) is 17.1. The van der Waals surface area contributed by atoms with E-state index in [-0.39, 0.29) is 33.8 Å². The average Bonchev–Trinajstić information content (AvgIpc) is 2.77. The summed E-state index contributed by atoms with van der Waals surface area (Å²) in [6.45, 7) is 1.43. The van der Waals surface area contributed by atoms with E-state index in [9.17, 15) is 28.0 Å². The highest BCUT2D eigenvalue weighted by atomic mass is 32.2. The van der Waals surface area contributed by atoms with Crippen molar-refractivity contribution in [2.24, 2.45) is 0 Å². The number of Topliss-reactive ketones (excluding diaryl/α,β-unsaturated/α-hetero) is 1. The van der Waals surface area contributed by atoms with E-state index in [1.165, 1.54) is 6.92 Å². The minimum atomic E-state index is -1.22. The van der Waals surface area contributed by atoms with E-state index in [0.29, 0.717) is 17.3 Å². The standard InChI is InChI=1S/C21H17F2N5O4S/c1-10(29)11-2-5-13(6-3-11)25-16(30)9-33-21-27-18(24)17(20(32)28-21)26-19(31)12-4-7-14(22)15(23)8-12/h2-8H,9H2,1H3,(H,25,30)(H,26,31)(H3,24,27,28,32). The fraction of sp³-hybridized carbons (Fsp3) is 0.0952. The summed E-state index contributed by atoms with van der Waals surface area (Å²) in [4.78, 5) is 54.2. The molecule has 0 unspecified atom stereocenters. The summed E-state index contributed by atoms with van der Waals surface area (Å²) >= 11 is 0.895. The summed E-state index contributed by atoms with van der Waals surface area (Å²) in [5.74, 6) is -4.15. The maximum atomic E-state index is 13.3. The molecule has 0 fully saturated rings. The van der Waals surface area contributed by atoms with Gasteiger partial charge >= 0.3 is 0 Å². The van der Waals surface area contributed by atoms with Gasteiger partial charge < -0.3 is 16.4 Å². The van der Waals surface area contributed by atoms with E-state index >= 15 is 0 Å². The molecule has 2 amide bonds. The van der Waals surface area contributed by atoms with Gasteiger partial charge in [0.15, 0.2) is 28.4 Å². The molecule has 0 spiro atoms. The van der Waals surface area contributed by atoms with Crippen LogP contribution in [0, 0.1) is 11.6 Å². The predicted octanol–water partition coefficient (Wildman–Crippen LogP) is 2.82. The Hall–Kier alpha value is -4.06. The smallest absolute Gasteiger partial charge is 0.277 e. The van der Waals surface area contributed by atoms with Crippen molar-refractivity contribution in [3.05, 3.63) is 75.6 Å². The van der Waals surface area contributed by atoms with Crippen molar-refractivity contribution in [2.45, 2.75) is 12.1 Å². The SMILES string of the molecule is CC(=O)c1ccc(NC(=O)CSc2nc(N)c(NC(=O)c3ccc(F)c(F)c3)c(=O)[nH]2)cc1. The Balaban J connectivity index is 1.62. The number of aromatic amines is 1. The summed E-state index contributed by atoms with van der Waals surface area (Å²) in [6.07, 6.45) is 0. The van der Waals surface area contributed by atoms with E-state index in [1.807, 2.05) is 0 Å². The summed E-state index contributed by atoms with van der Waals surface area (Å²) in [7, 11) is 0. The van der Waals surface area contributed by atoms with E-state index < -0.39 is 29.0 Å². The number of nitrogens with zero attached hydrogens (tertiary/aromatic N) is 1. The van der Waals surface area contributed by atoms with Crippen LogP contribution in [0.5, 0.6) is 0 Å². The lowest BCUT2D eigenvalue weighted by Crippen LogP contribution is -2.23. The molecule has 1 heterocycles. The number of nitrogen functional groups attached to an aromatic ring is 1. The van der Waals surface area contributed by atoms with Gasteiger partial charge in [-0.2, -0.15) is 0 Å². The van der Waals surface area contributed by atoms with Crippen LogP contribution in [0.2, 0.25) is 0 Å². The number of nitrogens with one attached hydrogen (secondary N) is 3. The first-order valence-electron chi connectivity index (χ1n) is 9.34. The molecular formula is C21H17F2N5O4S. The molecule has 0 aliphatic carbocycles. The maximum absolute atomic E-state index is 13.3. The zero-order valence-corrected chi connectivity index (χ0v) is 17.9. The second-order valence-electron chi connectivity index (χ2n) is 6.68. The van der Waals surface area contributed by atoms with Crippen LogP contribution < -0.4 is 21.9 Å². The van der Waals surface area contributed by atoms with E-state index in [4.69, 9.17) is 5.73 Å². The number of carbonyl (C=O) groups is 3. The number of thioether (sulfide) groups is 1. The molecule has 0 aliphatic rings. The van der Waals surface area contributed by atoms with Gasteiger partial charge in [0.25, 0.3) is 11.5 Å². The van der Waals surface area contributed by atoms with Gasteiger partial charge in [-0.1, -0.05) is 11.8 Å².